The number of nitrogens with two attached hydrogens (primary N) is 1. The highest BCUT2D eigenvalue weighted by atomic mass is 16.4. The minimum Gasteiger partial charge on any atom is -0.481 e. The Hall–Kier alpha value is -2.11. The van der Waals surface area contributed by atoms with Crippen molar-refractivity contribution in [2.75, 3.05) is 11.9 Å². The van der Waals surface area contributed by atoms with Crippen LogP contribution in [0.25, 0.3) is 0 Å². The lowest BCUT2D eigenvalue weighted by Gasteiger charge is -2.28. The van der Waals surface area contributed by atoms with Gasteiger partial charge in [-0.05, 0) is 25.0 Å². The van der Waals surface area contributed by atoms with Crippen molar-refractivity contribution in [3.8, 4) is 0 Å². The van der Waals surface area contributed by atoms with Gasteiger partial charge in [-0.25, -0.2) is 4.98 Å². The van der Waals surface area contributed by atoms with Gasteiger partial charge in [-0.2, -0.15) is 0 Å². The third-order valence-corrected chi connectivity index (χ3v) is 4.17. The smallest absolute Gasteiger partial charge is 0.311 e. The van der Waals surface area contributed by atoms with E-state index in [2.05, 4.69) is 10.3 Å². The van der Waals surface area contributed by atoms with E-state index in [0.29, 0.717) is 30.8 Å². The minimum absolute atomic E-state index is 0.317. The van der Waals surface area contributed by atoms with E-state index in [1.54, 1.807) is 6.07 Å². The first-order valence-corrected chi connectivity index (χ1v) is 7.27. The molecule has 0 atom stereocenters. The molecule has 0 bridgehead atoms. The van der Waals surface area contributed by atoms with Crippen LogP contribution in [0, 0.1) is 5.41 Å². The molecule has 1 aliphatic rings. The summed E-state index contributed by atoms with van der Waals surface area (Å²) in [5.74, 6) is -0.804. The lowest BCUT2D eigenvalue weighted by Crippen LogP contribution is -2.37. The second-order valence-electron chi connectivity index (χ2n) is 5.65. The molecule has 1 heterocycles. The first kappa shape index (κ1) is 15.3. The summed E-state index contributed by atoms with van der Waals surface area (Å²) in [5.41, 5.74) is 4.84. The Morgan fingerprint density at radius 1 is 1.29 bits per heavy atom. The number of carbonyl (C=O) groups excluding carboxylic acids is 1. The number of aliphatic carboxylic acids is 1. The Labute approximate surface area is 123 Å². The van der Waals surface area contributed by atoms with E-state index >= 15 is 0 Å². The molecule has 1 fully saturated rings. The Bertz CT molecular complexity index is 523. The first-order valence-electron chi connectivity index (χ1n) is 7.27. The van der Waals surface area contributed by atoms with Gasteiger partial charge in [-0.3, -0.25) is 9.59 Å². The molecule has 0 saturated heterocycles. The molecule has 1 aromatic rings. The fraction of sp³-hybridized carbons (Fsp3) is 0.533. The summed E-state index contributed by atoms with van der Waals surface area (Å²) in [6.07, 6.45) is 6.87. The van der Waals surface area contributed by atoms with Crippen molar-refractivity contribution in [2.45, 2.75) is 38.5 Å². The molecule has 0 unspecified atom stereocenters. The van der Waals surface area contributed by atoms with Crippen LogP contribution in [0.5, 0.6) is 0 Å². The van der Waals surface area contributed by atoms with Gasteiger partial charge in [-0.1, -0.05) is 25.7 Å². The summed E-state index contributed by atoms with van der Waals surface area (Å²) in [6, 6.07) is 3.08. The third kappa shape index (κ3) is 3.71. The number of rotatable bonds is 5. The second kappa shape index (κ2) is 6.56. The summed E-state index contributed by atoms with van der Waals surface area (Å²) in [5, 5.41) is 12.7. The lowest BCUT2D eigenvalue weighted by atomic mass is 9.80. The maximum absolute atomic E-state index is 11.7. The van der Waals surface area contributed by atoms with Crippen molar-refractivity contribution < 1.29 is 14.7 Å². The van der Waals surface area contributed by atoms with Crippen molar-refractivity contribution in [2.24, 2.45) is 11.1 Å². The van der Waals surface area contributed by atoms with Crippen molar-refractivity contribution >= 4 is 17.7 Å². The molecular weight excluding hydrogens is 270 g/mol. The van der Waals surface area contributed by atoms with Crippen LogP contribution in [0.4, 0.5) is 5.82 Å². The van der Waals surface area contributed by atoms with Gasteiger partial charge in [0.25, 0.3) is 0 Å². The van der Waals surface area contributed by atoms with E-state index in [0.717, 1.165) is 25.7 Å². The molecule has 0 aromatic carbocycles. The molecule has 21 heavy (non-hydrogen) atoms. The number of nitrogens with zero attached hydrogens (tertiary/aromatic N) is 1. The topological polar surface area (TPSA) is 105 Å². The molecule has 1 aromatic heterocycles. The van der Waals surface area contributed by atoms with Gasteiger partial charge in [-0.15, -0.1) is 0 Å². The Kier molecular flexibility index (Phi) is 4.77. The van der Waals surface area contributed by atoms with Gasteiger partial charge in [0.15, 0.2) is 0 Å². The maximum atomic E-state index is 11.7. The van der Waals surface area contributed by atoms with Crippen LogP contribution < -0.4 is 11.1 Å². The minimum atomic E-state index is -0.761. The van der Waals surface area contributed by atoms with Crippen LogP contribution in [0.15, 0.2) is 18.3 Å². The number of carbonyl (C=O) groups is 2. The average Bonchev–Trinajstić information content (AvgIpc) is 2.72. The average molecular weight is 291 g/mol. The van der Waals surface area contributed by atoms with Gasteiger partial charge < -0.3 is 16.2 Å². The van der Waals surface area contributed by atoms with Crippen molar-refractivity contribution in [3.63, 3.8) is 0 Å². The predicted octanol–water partition coefficient (Wildman–Crippen LogP) is 2.02. The highest BCUT2D eigenvalue weighted by Gasteiger charge is 2.38. The number of nitrogens with one attached hydrogen (secondary N) is 1. The normalized spacial score (nSPS) is 17.7. The summed E-state index contributed by atoms with van der Waals surface area (Å²) in [7, 11) is 0. The zero-order valence-electron chi connectivity index (χ0n) is 12.0. The molecular formula is C15H21N3O3. The fourth-order valence-corrected chi connectivity index (χ4v) is 2.81. The quantitative estimate of drug-likeness (QED) is 0.720. The number of pyridine rings is 1. The molecule has 1 aliphatic carbocycles. The number of primary amides is 1. The number of amides is 1. The van der Waals surface area contributed by atoms with E-state index < -0.39 is 17.3 Å². The summed E-state index contributed by atoms with van der Waals surface area (Å²) in [4.78, 5) is 26.9. The van der Waals surface area contributed by atoms with Crippen LogP contribution in [-0.4, -0.2) is 28.5 Å². The summed E-state index contributed by atoms with van der Waals surface area (Å²) < 4.78 is 0. The van der Waals surface area contributed by atoms with Gasteiger partial charge in [0, 0.05) is 18.3 Å². The number of hydrogen-bond acceptors (Lipinski definition) is 4. The standard InChI is InChI=1S/C15H21N3O3/c16-13(19)11-5-8-17-12(9-11)18-10-15(14(20)21)6-3-1-2-4-7-15/h5,8-9H,1-4,6-7,10H2,(H2,16,19)(H,17,18)(H,20,21). The number of anilines is 1. The molecule has 2 rings (SSSR count). The molecule has 114 valence electrons. The van der Waals surface area contributed by atoms with Crippen LogP contribution in [-0.2, 0) is 4.79 Å². The van der Waals surface area contributed by atoms with Gasteiger partial charge in [0.05, 0.1) is 5.41 Å². The number of carboxylic acids is 1. The molecule has 1 saturated carbocycles. The highest BCUT2D eigenvalue weighted by molar-refractivity contribution is 5.93. The third-order valence-electron chi connectivity index (χ3n) is 4.17. The van der Waals surface area contributed by atoms with E-state index in [9.17, 15) is 14.7 Å². The first-order chi connectivity index (χ1) is 10.0. The fourth-order valence-electron chi connectivity index (χ4n) is 2.81. The Balaban J connectivity index is 2.09. The van der Waals surface area contributed by atoms with Gasteiger partial charge in [0.2, 0.25) is 5.91 Å². The largest absolute Gasteiger partial charge is 0.481 e. The molecule has 6 heteroatoms. The maximum Gasteiger partial charge on any atom is 0.311 e. The highest BCUT2D eigenvalue weighted by Crippen LogP contribution is 2.35. The van der Waals surface area contributed by atoms with E-state index in [-0.39, 0.29) is 0 Å². The van der Waals surface area contributed by atoms with Gasteiger partial charge in [0.1, 0.15) is 5.82 Å². The molecule has 1 amide bonds. The Morgan fingerprint density at radius 2 is 1.95 bits per heavy atom. The summed E-state index contributed by atoms with van der Waals surface area (Å²) >= 11 is 0. The molecule has 0 spiro atoms. The monoisotopic (exact) mass is 291 g/mol. The Morgan fingerprint density at radius 3 is 2.52 bits per heavy atom. The lowest BCUT2D eigenvalue weighted by molar-refractivity contribution is -0.149. The van der Waals surface area contributed by atoms with E-state index in [1.807, 2.05) is 0 Å². The van der Waals surface area contributed by atoms with Crippen molar-refractivity contribution in [1.29, 1.82) is 0 Å². The van der Waals surface area contributed by atoms with E-state index in [4.69, 9.17) is 5.73 Å². The SMILES string of the molecule is NC(=O)c1ccnc(NCC2(C(=O)O)CCCCCC2)c1. The van der Waals surface area contributed by atoms with Crippen LogP contribution in [0.1, 0.15) is 48.9 Å². The number of carboxylic acid groups (broad SMARTS) is 1. The van der Waals surface area contributed by atoms with Crippen LogP contribution >= 0.6 is 0 Å². The molecule has 0 radical (unpaired) electrons. The van der Waals surface area contributed by atoms with Crippen molar-refractivity contribution in [3.05, 3.63) is 23.9 Å². The molecule has 0 aliphatic heterocycles. The van der Waals surface area contributed by atoms with Crippen molar-refractivity contribution in [1.82, 2.24) is 4.98 Å². The summed E-state index contributed by atoms with van der Waals surface area (Å²) in [6.45, 7) is 0.317. The van der Waals surface area contributed by atoms with Crippen LogP contribution in [0.2, 0.25) is 0 Å². The zero-order chi connectivity index (χ0) is 15.3. The predicted molar refractivity (Wildman–Crippen MR) is 79.0 cm³/mol. The van der Waals surface area contributed by atoms with Gasteiger partial charge >= 0.3 is 5.97 Å². The van der Waals surface area contributed by atoms with Crippen LogP contribution in [0.3, 0.4) is 0 Å². The number of aromatic nitrogens is 1. The zero-order valence-corrected chi connectivity index (χ0v) is 12.0. The van der Waals surface area contributed by atoms with E-state index in [1.165, 1.54) is 12.3 Å². The molecule has 6 nitrogen and oxygen atoms in total. The number of hydrogen-bond donors (Lipinski definition) is 3. The second-order valence-corrected chi connectivity index (χ2v) is 5.65. The molecule has 4 N–H and O–H groups in total.